The Balaban J connectivity index is 2.39. The molecule has 2 rings (SSSR count). The van der Waals surface area contributed by atoms with Crippen LogP contribution in [0.1, 0.15) is 0 Å². The highest BCUT2D eigenvalue weighted by molar-refractivity contribution is 5.07. The van der Waals surface area contributed by atoms with Crippen molar-refractivity contribution < 1.29 is 9.47 Å². The summed E-state index contributed by atoms with van der Waals surface area (Å²) in [5.41, 5.74) is 0. The van der Waals surface area contributed by atoms with E-state index in [2.05, 4.69) is 5.10 Å². The third-order valence-electron chi connectivity index (χ3n) is 1.18. The molecule has 0 fully saturated rings. The predicted octanol–water partition coefficient (Wildman–Crippen LogP) is 0.207. The first-order valence-corrected chi connectivity index (χ1v) is 2.69. The topological polar surface area (TPSA) is 36.3 Å². The molecular formula is C5H6N2O2. The predicted molar refractivity (Wildman–Crippen MR) is 28.8 cm³/mol. The molecule has 2 heterocycles. The monoisotopic (exact) mass is 126 g/mol. The maximum atomic E-state index is 5.04. The fourth-order valence-electron chi connectivity index (χ4n) is 0.766. The van der Waals surface area contributed by atoms with Crippen molar-refractivity contribution in [3.8, 4) is 5.88 Å². The molecule has 0 saturated carbocycles. The molecule has 1 aromatic rings. The lowest BCUT2D eigenvalue weighted by molar-refractivity contribution is -0.0645. The maximum Gasteiger partial charge on any atom is 0.216 e. The Hall–Kier alpha value is -1.03. The van der Waals surface area contributed by atoms with Crippen LogP contribution in [0.5, 0.6) is 5.88 Å². The Labute approximate surface area is 52.0 Å². The first kappa shape index (κ1) is 4.81. The van der Waals surface area contributed by atoms with E-state index in [0.717, 1.165) is 5.88 Å². The summed E-state index contributed by atoms with van der Waals surface area (Å²) in [5, 5.41) is 3.92. The minimum Gasteiger partial charge on any atom is -0.451 e. The van der Waals surface area contributed by atoms with Crippen LogP contribution in [-0.4, -0.2) is 16.6 Å². The lowest BCUT2D eigenvalue weighted by Gasteiger charge is -2.14. The standard InChI is InChI=1S/C5H6N2O2/c1-2-6-7-3-8-4-9-5(1)7/h1-2H,3-4H2. The van der Waals surface area contributed by atoms with Crippen molar-refractivity contribution in [3.05, 3.63) is 12.3 Å². The van der Waals surface area contributed by atoms with Crippen molar-refractivity contribution in [2.45, 2.75) is 6.73 Å². The Kier molecular flexibility index (Phi) is 0.927. The molecule has 4 nitrogen and oxygen atoms in total. The number of nitrogens with zero attached hydrogens (tertiary/aromatic N) is 2. The molecule has 1 aliphatic rings. The zero-order valence-corrected chi connectivity index (χ0v) is 4.78. The fourth-order valence-corrected chi connectivity index (χ4v) is 0.766. The van der Waals surface area contributed by atoms with Gasteiger partial charge in [-0.1, -0.05) is 0 Å². The molecule has 0 aliphatic carbocycles. The zero-order valence-electron chi connectivity index (χ0n) is 4.78. The summed E-state index contributed by atoms with van der Waals surface area (Å²) in [4.78, 5) is 0. The first-order chi connectivity index (χ1) is 4.47. The highest BCUT2D eigenvalue weighted by Gasteiger charge is 2.07. The Morgan fingerprint density at radius 2 is 2.67 bits per heavy atom. The van der Waals surface area contributed by atoms with Crippen molar-refractivity contribution in [3.63, 3.8) is 0 Å². The van der Waals surface area contributed by atoms with Gasteiger partial charge >= 0.3 is 0 Å². The van der Waals surface area contributed by atoms with Gasteiger partial charge in [0.05, 0.1) is 6.20 Å². The van der Waals surface area contributed by atoms with Crippen LogP contribution in [0.2, 0.25) is 0 Å². The van der Waals surface area contributed by atoms with Crippen molar-refractivity contribution in [2.75, 3.05) is 6.79 Å². The number of hydrogen-bond donors (Lipinski definition) is 0. The number of rotatable bonds is 0. The molecule has 0 amide bonds. The highest BCUT2D eigenvalue weighted by atomic mass is 16.7. The van der Waals surface area contributed by atoms with E-state index in [0.29, 0.717) is 13.5 Å². The normalized spacial score (nSPS) is 16.4. The van der Waals surface area contributed by atoms with Crippen LogP contribution < -0.4 is 4.74 Å². The van der Waals surface area contributed by atoms with Gasteiger partial charge in [0.15, 0.2) is 6.79 Å². The summed E-state index contributed by atoms with van der Waals surface area (Å²) in [6.45, 7) is 0.841. The number of fused-ring (bicyclic) bond motifs is 1. The quantitative estimate of drug-likeness (QED) is 0.498. The van der Waals surface area contributed by atoms with Crippen LogP contribution in [0, 0.1) is 0 Å². The van der Waals surface area contributed by atoms with Gasteiger partial charge in [0.2, 0.25) is 5.88 Å². The number of aromatic nitrogens is 2. The highest BCUT2D eigenvalue weighted by Crippen LogP contribution is 2.12. The molecule has 0 bridgehead atoms. The third-order valence-corrected chi connectivity index (χ3v) is 1.18. The van der Waals surface area contributed by atoms with E-state index in [9.17, 15) is 0 Å². The molecule has 1 aliphatic heterocycles. The maximum absolute atomic E-state index is 5.04. The van der Waals surface area contributed by atoms with E-state index in [1.54, 1.807) is 10.9 Å². The summed E-state index contributed by atoms with van der Waals surface area (Å²) in [7, 11) is 0. The van der Waals surface area contributed by atoms with Gasteiger partial charge in [-0.15, -0.1) is 0 Å². The van der Waals surface area contributed by atoms with Crippen LogP contribution in [-0.2, 0) is 11.5 Å². The van der Waals surface area contributed by atoms with Crippen LogP contribution in [0.25, 0.3) is 0 Å². The summed E-state index contributed by atoms with van der Waals surface area (Å²) in [6.07, 6.45) is 1.68. The molecule has 1 aromatic heterocycles. The van der Waals surface area contributed by atoms with Crippen molar-refractivity contribution in [1.29, 1.82) is 0 Å². The summed E-state index contributed by atoms with van der Waals surface area (Å²) >= 11 is 0. The van der Waals surface area contributed by atoms with Gasteiger partial charge in [0.25, 0.3) is 0 Å². The van der Waals surface area contributed by atoms with Crippen LogP contribution in [0.15, 0.2) is 12.3 Å². The largest absolute Gasteiger partial charge is 0.451 e. The van der Waals surface area contributed by atoms with E-state index >= 15 is 0 Å². The second-order valence-electron chi connectivity index (χ2n) is 1.76. The molecule has 48 valence electrons. The van der Waals surface area contributed by atoms with E-state index in [-0.39, 0.29) is 0 Å². The summed E-state index contributed by atoms with van der Waals surface area (Å²) in [5.74, 6) is 0.779. The van der Waals surface area contributed by atoms with Gasteiger partial charge in [-0.25, -0.2) is 4.68 Å². The van der Waals surface area contributed by atoms with Gasteiger partial charge in [-0.3, -0.25) is 0 Å². The average molecular weight is 126 g/mol. The van der Waals surface area contributed by atoms with Crippen molar-refractivity contribution in [1.82, 2.24) is 9.78 Å². The van der Waals surface area contributed by atoms with Gasteiger partial charge in [-0.2, -0.15) is 5.10 Å². The Bertz CT molecular complexity index is 188. The number of hydrogen-bond acceptors (Lipinski definition) is 3. The first-order valence-electron chi connectivity index (χ1n) is 2.69. The molecule has 0 aromatic carbocycles. The lowest BCUT2D eigenvalue weighted by Crippen LogP contribution is -2.16. The smallest absolute Gasteiger partial charge is 0.216 e. The minimum atomic E-state index is 0.339. The van der Waals surface area contributed by atoms with E-state index in [1.165, 1.54) is 0 Å². The van der Waals surface area contributed by atoms with Crippen LogP contribution in [0.3, 0.4) is 0 Å². The molecule has 0 spiro atoms. The molecule has 0 atom stereocenters. The molecule has 0 saturated heterocycles. The minimum absolute atomic E-state index is 0.339. The second kappa shape index (κ2) is 1.73. The average Bonchev–Trinajstić information content (AvgIpc) is 2.33. The van der Waals surface area contributed by atoms with Gasteiger partial charge in [0.1, 0.15) is 6.73 Å². The molecule has 0 radical (unpaired) electrons. The van der Waals surface area contributed by atoms with Gasteiger partial charge in [-0.05, 0) is 0 Å². The molecule has 0 N–H and O–H groups in total. The van der Waals surface area contributed by atoms with Crippen molar-refractivity contribution >= 4 is 0 Å². The van der Waals surface area contributed by atoms with E-state index in [4.69, 9.17) is 9.47 Å². The SMILES string of the molecule is c1cc2n(n1)COCO2. The lowest BCUT2D eigenvalue weighted by atomic mass is 10.7. The Morgan fingerprint density at radius 1 is 1.67 bits per heavy atom. The fraction of sp³-hybridized carbons (Fsp3) is 0.400. The van der Waals surface area contributed by atoms with E-state index < -0.39 is 0 Å². The van der Waals surface area contributed by atoms with E-state index in [1.807, 2.05) is 6.07 Å². The van der Waals surface area contributed by atoms with Crippen LogP contribution >= 0.6 is 0 Å². The van der Waals surface area contributed by atoms with Gasteiger partial charge in [0, 0.05) is 6.07 Å². The number of ether oxygens (including phenoxy) is 2. The molecular weight excluding hydrogens is 120 g/mol. The molecule has 0 unspecified atom stereocenters. The summed E-state index contributed by atoms with van der Waals surface area (Å²) in [6, 6.07) is 1.81. The van der Waals surface area contributed by atoms with Crippen LogP contribution in [0.4, 0.5) is 0 Å². The molecule has 9 heavy (non-hydrogen) atoms. The Morgan fingerprint density at radius 3 is 3.56 bits per heavy atom. The zero-order chi connectivity index (χ0) is 6.10. The second-order valence-corrected chi connectivity index (χ2v) is 1.76. The third kappa shape index (κ3) is 0.675. The molecule has 4 heteroatoms. The summed E-state index contributed by atoms with van der Waals surface area (Å²) < 4.78 is 11.6. The van der Waals surface area contributed by atoms with Crippen molar-refractivity contribution in [2.24, 2.45) is 0 Å². The van der Waals surface area contributed by atoms with Gasteiger partial charge < -0.3 is 9.47 Å².